The fraction of sp³-hybridized carbons (Fsp3) is 0.364. The van der Waals surface area contributed by atoms with Crippen molar-refractivity contribution in [3.63, 3.8) is 0 Å². The Morgan fingerprint density at radius 2 is 1.74 bits per heavy atom. The first kappa shape index (κ1) is 15.0. The molecule has 1 amide bonds. The van der Waals surface area contributed by atoms with E-state index in [1.807, 2.05) is 0 Å². The van der Waals surface area contributed by atoms with Crippen molar-refractivity contribution in [2.75, 3.05) is 27.3 Å². The second-order valence-electron chi connectivity index (χ2n) is 3.55. The number of amides is 1. The van der Waals surface area contributed by atoms with Crippen LogP contribution in [-0.4, -0.2) is 55.0 Å². The van der Waals surface area contributed by atoms with Crippen molar-refractivity contribution in [3.05, 3.63) is 23.0 Å². The second kappa shape index (κ2) is 6.79. The fourth-order valence-electron chi connectivity index (χ4n) is 1.30. The number of carbonyl (C=O) groups is 3. The largest absolute Gasteiger partial charge is 0.468 e. The van der Waals surface area contributed by atoms with Crippen LogP contribution in [0, 0.1) is 0 Å². The zero-order valence-corrected chi connectivity index (χ0v) is 11.2. The third-order valence-corrected chi connectivity index (χ3v) is 2.48. The Morgan fingerprint density at radius 3 is 2.11 bits per heavy atom. The Kier molecular flexibility index (Phi) is 5.37. The summed E-state index contributed by atoms with van der Waals surface area (Å²) in [4.78, 5) is 38.2. The van der Waals surface area contributed by atoms with Crippen LogP contribution in [0.1, 0.15) is 10.5 Å². The molecule has 0 saturated heterocycles. The Labute approximate surface area is 114 Å². The van der Waals surface area contributed by atoms with E-state index in [0.29, 0.717) is 5.02 Å². The molecule has 1 heterocycles. The molecule has 0 unspecified atom stereocenters. The third kappa shape index (κ3) is 4.29. The summed E-state index contributed by atoms with van der Waals surface area (Å²) < 4.78 is 8.93. The maximum atomic E-state index is 12.1. The van der Waals surface area contributed by atoms with E-state index in [1.54, 1.807) is 0 Å². The molecule has 104 valence electrons. The summed E-state index contributed by atoms with van der Waals surface area (Å²) in [5.74, 6) is -1.84. The Hall–Kier alpha value is -2.02. The van der Waals surface area contributed by atoms with Crippen LogP contribution in [0.4, 0.5) is 0 Å². The molecule has 8 heteroatoms. The van der Waals surface area contributed by atoms with Gasteiger partial charge in [-0.05, 0) is 6.07 Å². The summed E-state index contributed by atoms with van der Waals surface area (Å²) in [6, 6.07) is 1.39. The second-order valence-corrected chi connectivity index (χ2v) is 3.98. The first-order valence-electron chi connectivity index (χ1n) is 5.24. The molecule has 0 atom stereocenters. The molecule has 0 aliphatic carbocycles. The molecule has 1 aromatic rings. The number of H-pyrrole nitrogens is 1. The highest BCUT2D eigenvalue weighted by molar-refractivity contribution is 6.31. The normalized spacial score (nSPS) is 9.84. The number of hydrogen-bond donors (Lipinski definition) is 1. The summed E-state index contributed by atoms with van der Waals surface area (Å²) in [5.41, 5.74) is 0.165. The number of ether oxygens (including phenoxy) is 2. The molecule has 0 spiro atoms. The number of carbonyl (C=O) groups excluding carboxylic acids is 3. The van der Waals surface area contributed by atoms with Crippen LogP contribution in [0.15, 0.2) is 12.3 Å². The van der Waals surface area contributed by atoms with E-state index in [1.165, 1.54) is 26.5 Å². The lowest BCUT2D eigenvalue weighted by Crippen LogP contribution is -2.40. The van der Waals surface area contributed by atoms with Crippen LogP contribution in [0.25, 0.3) is 0 Å². The maximum absolute atomic E-state index is 12.1. The van der Waals surface area contributed by atoms with Gasteiger partial charge >= 0.3 is 11.9 Å². The van der Waals surface area contributed by atoms with E-state index < -0.39 is 17.8 Å². The summed E-state index contributed by atoms with van der Waals surface area (Å²) in [7, 11) is 2.38. The van der Waals surface area contributed by atoms with Gasteiger partial charge in [-0.25, -0.2) is 0 Å². The third-order valence-electron chi connectivity index (χ3n) is 2.26. The SMILES string of the molecule is COC(=O)CN(CC(=O)OC)C(=O)c1cc(Cl)c[nH]1. The highest BCUT2D eigenvalue weighted by Crippen LogP contribution is 2.11. The molecule has 0 aliphatic rings. The molecular formula is C11H13ClN2O5. The average Bonchev–Trinajstić information content (AvgIpc) is 2.83. The first-order chi connectivity index (χ1) is 8.97. The number of hydrogen-bond acceptors (Lipinski definition) is 5. The molecule has 0 bridgehead atoms. The van der Waals surface area contributed by atoms with Crippen LogP contribution in [0.5, 0.6) is 0 Å². The van der Waals surface area contributed by atoms with Gasteiger partial charge in [0.15, 0.2) is 0 Å². The van der Waals surface area contributed by atoms with E-state index in [0.717, 1.165) is 4.90 Å². The minimum Gasteiger partial charge on any atom is -0.468 e. The monoisotopic (exact) mass is 288 g/mol. The van der Waals surface area contributed by atoms with Crippen molar-refractivity contribution in [1.29, 1.82) is 0 Å². The molecule has 0 saturated carbocycles. The van der Waals surface area contributed by atoms with E-state index in [4.69, 9.17) is 11.6 Å². The van der Waals surface area contributed by atoms with Crippen molar-refractivity contribution < 1.29 is 23.9 Å². The van der Waals surface area contributed by atoms with Crippen LogP contribution < -0.4 is 0 Å². The van der Waals surface area contributed by atoms with E-state index >= 15 is 0 Å². The van der Waals surface area contributed by atoms with Gasteiger partial charge in [0, 0.05) is 6.20 Å². The minimum atomic E-state index is -0.644. The molecule has 1 N–H and O–H groups in total. The highest BCUT2D eigenvalue weighted by Gasteiger charge is 2.23. The van der Waals surface area contributed by atoms with Crippen molar-refractivity contribution in [2.45, 2.75) is 0 Å². The maximum Gasteiger partial charge on any atom is 0.325 e. The summed E-state index contributed by atoms with van der Waals surface area (Å²) in [6.45, 7) is -0.720. The van der Waals surface area contributed by atoms with Gasteiger partial charge in [-0.15, -0.1) is 0 Å². The highest BCUT2D eigenvalue weighted by atomic mass is 35.5. The first-order valence-corrected chi connectivity index (χ1v) is 5.62. The lowest BCUT2D eigenvalue weighted by Gasteiger charge is -2.19. The van der Waals surface area contributed by atoms with Crippen LogP contribution in [0.2, 0.25) is 5.02 Å². The van der Waals surface area contributed by atoms with Gasteiger partial charge in [0.1, 0.15) is 18.8 Å². The fourth-order valence-corrected chi connectivity index (χ4v) is 1.47. The van der Waals surface area contributed by atoms with Gasteiger partial charge in [-0.1, -0.05) is 11.6 Å². The summed E-state index contributed by atoms with van der Waals surface area (Å²) in [6.07, 6.45) is 1.42. The number of nitrogens with zero attached hydrogens (tertiary/aromatic N) is 1. The Morgan fingerprint density at radius 1 is 1.21 bits per heavy atom. The van der Waals surface area contributed by atoms with Crippen LogP contribution in [0.3, 0.4) is 0 Å². The Bertz CT molecular complexity index is 467. The zero-order valence-electron chi connectivity index (χ0n) is 10.4. The van der Waals surface area contributed by atoms with Gasteiger partial charge in [-0.3, -0.25) is 14.4 Å². The molecule has 1 aromatic heterocycles. The lowest BCUT2D eigenvalue weighted by molar-refractivity contribution is -0.144. The standard InChI is InChI=1S/C11H13ClN2O5/c1-18-9(15)5-14(6-10(16)19-2)11(17)8-3-7(12)4-13-8/h3-4,13H,5-6H2,1-2H3. The van der Waals surface area contributed by atoms with Crippen molar-refractivity contribution in [2.24, 2.45) is 0 Å². The zero-order chi connectivity index (χ0) is 14.4. The predicted octanol–water partition coefficient (Wildman–Crippen LogP) is 0.456. The molecule has 7 nitrogen and oxygen atoms in total. The summed E-state index contributed by atoms with van der Waals surface area (Å²) >= 11 is 5.69. The molecular weight excluding hydrogens is 276 g/mol. The number of rotatable bonds is 5. The van der Waals surface area contributed by atoms with Gasteiger partial charge in [0.2, 0.25) is 0 Å². The number of halogens is 1. The molecule has 19 heavy (non-hydrogen) atoms. The quantitative estimate of drug-likeness (QED) is 0.795. The Balaban J connectivity index is 2.85. The molecule has 0 fully saturated rings. The number of aromatic amines is 1. The van der Waals surface area contributed by atoms with Gasteiger partial charge in [-0.2, -0.15) is 0 Å². The average molecular weight is 289 g/mol. The number of esters is 2. The van der Waals surface area contributed by atoms with Crippen molar-refractivity contribution in [1.82, 2.24) is 9.88 Å². The number of aromatic nitrogens is 1. The van der Waals surface area contributed by atoms with Crippen molar-refractivity contribution in [3.8, 4) is 0 Å². The van der Waals surface area contributed by atoms with Gasteiger partial charge in [0.05, 0.1) is 19.2 Å². The minimum absolute atomic E-state index is 0.165. The van der Waals surface area contributed by atoms with E-state index in [9.17, 15) is 14.4 Å². The van der Waals surface area contributed by atoms with E-state index in [2.05, 4.69) is 14.5 Å². The van der Waals surface area contributed by atoms with E-state index in [-0.39, 0.29) is 18.8 Å². The van der Waals surface area contributed by atoms with Crippen molar-refractivity contribution >= 4 is 29.4 Å². The smallest absolute Gasteiger partial charge is 0.325 e. The van der Waals surface area contributed by atoms with Crippen LogP contribution >= 0.6 is 11.6 Å². The van der Waals surface area contributed by atoms with Gasteiger partial charge < -0.3 is 19.4 Å². The molecule has 0 aromatic carbocycles. The number of nitrogens with one attached hydrogen (secondary N) is 1. The van der Waals surface area contributed by atoms with Crippen LogP contribution in [-0.2, 0) is 19.1 Å². The molecule has 0 radical (unpaired) electrons. The topological polar surface area (TPSA) is 88.7 Å². The lowest BCUT2D eigenvalue weighted by atomic mass is 10.3. The number of methoxy groups -OCH3 is 2. The predicted molar refractivity (Wildman–Crippen MR) is 65.7 cm³/mol. The van der Waals surface area contributed by atoms with Gasteiger partial charge in [0.25, 0.3) is 5.91 Å². The molecule has 1 rings (SSSR count). The molecule has 0 aliphatic heterocycles. The summed E-state index contributed by atoms with van der Waals surface area (Å²) in [5, 5.41) is 0.347.